The molecule has 3 aromatic rings. The molecule has 234 valence electrons. The van der Waals surface area contributed by atoms with Crippen molar-refractivity contribution in [1.82, 2.24) is 14.4 Å². The Morgan fingerprint density at radius 1 is 1.00 bits per heavy atom. The Labute approximate surface area is 265 Å². The summed E-state index contributed by atoms with van der Waals surface area (Å²) in [4.78, 5) is 32.1. The fraction of sp³-hybridized carbons (Fsp3) is 0.515. The normalized spacial score (nSPS) is 14.7. The summed E-state index contributed by atoms with van der Waals surface area (Å²) in [7, 11) is 0. The van der Waals surface area contributed by atoms with Crippen molar-refractivity contribution in [2.24, 2.45) is 5.92 Å². The van der Waals surface area contributed by atoms with Crippen LogP contribution >= 0.6 is 23.2 Å². The molecule has 2 heterocycles. The number of rotatable bonds is 13. The number of halogens is 2. The highest BCUT2D eigenvalue weighted by molar-refractivity contribution is 6.43. The third-order valence-electron chi connectivity index (χ3n) is 7.98. The van der Waals surface area contributed by atoms with Gasteiger partial charge in [-0.15, -0.1) is 0 Å². The van der Waals surface area contributed by atoms with Gasteiger partial charge in [-0.1, -0.05) is 43.1 Å². The number of piperazine rings is 1. The van der Waals surface area contributed by atoms with Gasteiger partial charge in [0, 0.05) is 50.9 Å². The van der Waals surface area contributed by atoms with Crippen molar-refractivity contribution in [2.75, 3.05) is 50.8 Å². The van der Waals surface area contributed by atoms with Gasteiger partial charge < -0.3 is 19.3 Å². The van der Waals surface area contributed by atoms with E-state index < -0.39 is 6.09 Å². The first kappa shape index (κ1) is 33.0. The highest BCUT2D eigenvalue weighted by Crippen LogP contribution is 2.33. The zero-order valence-electron chi connectivity index (χ0n) is 25.7. The first-order valence-electron chi connectivity index (χ1n) is 15.3. The first-order valence-corrected chi connectivity index (χ1v) is 16.0. The summed E-state index contributed by atoms with van der Waals surface area (Å²) in [5.74, 6) is 1.15. The predicted molar refractivity (Wildman–Crippen MR) is 176 cm³/mol. The number of anilines is 1. The number of ether oxygens (including phenoxy) is 2. The van der Waals surface area contributed by atoms with Gasteiger partial charge in [0.05, 0.1) is 27.9 Å². The Morgan fingerprint density at radius 2 is 1.74 bits per heavy atom. The molecule has 1 fully saturated rings. The van der Waals surface area contributed by atoms with Crippen molar-refractivity contribution < 1.29 is 14.3 Å². The lowest BCUT2D eigenvalue weighted by Gasteiger charge is -2.36. The smallest absolute Gasteiger partial charge is 0.411 e. The van der Waals surface area contributed by atoms with Gasteiger partial charge in [0.25, 0.3) is 5.56 Å². The Bertz CT molecular complexity index is 1420. The molecule has 0 bridgehead atoms. The summed E-state index contributed by atoms with van der Waals surface area (Å²) in [5.41, 5.74) is 1.45. The van der Waals surface area contributed by atoms with E-state index in [0.29, 0.717) is 40.4 Å². The minimum absolute atomic E-state index is 0.0550. The fourth-order valence-electron chi connectivity index (χ4n) is 5.70. The van der Waals surface area contributed by atoms with Crippen molar-refractivity contribution >= 4 is 45.9 Å². The van der Waals surface area contributed by atoms with Crippen molar-refractivity contribution in [2.45, 2.75) is 59.7 Å². The molecule has 1 atom stereocenters. The first-order chi connectivity index (χ1) is 20.7. The minimum Gasteiger partial charge on any atom is -0.494 e. The van der Waals surface area contributed by atoms with Gasteiger partial charge in [0.1, 0.15) is 5.75 Å². The molecule has 1 aliphatic heterocycles. The number of hydrogen-bond acceptors (Lipinski definition) is 6. The number of nitrogens with zero attached hydrogens (tertiary/aromatic N) is 4. The molecular formula is C33H44Cl2N4O4. The number of carbonyl (C=O) groups is 1. The lowest BCUT2D eigenvalue weighted by atomic mass is 10.0. The van der Waals surface area contributed by atoms with Gasteiger partial charge in [-0.3, -0.25) is 14.3 Å². The van der Waals surface area contributed by atoms with E-state index in [1.54, 1.807) is 11.0 Å². The highest BCUT2D eigenvalue weighted by atomic mass is 35.5. The monoisotopic (exact) mass is 630 g/mol. The molecule has 0 N–H and O–H groups in total. The second kappa shape index (κ2) is 15.7. The van der Waals surface area contributed by atoms with E-state index in [2.05, 4.69) is 23.6 Å². The van der Waals surface area contributed by atoms with Gasteiger partial charge in [-0.2, -0.15) is 0 Å². The molecule has 10 heteroatoms. The highest BCUT2D eigenvalue weighted by Gasteiger charge is 2.22. The van der Waals surface area contributed by atoms with Crippen LogP contribution in [0.25, 0.3) is 10.9 Å². The van der Waals surface area contributed by atoms with Crippen molar-refractivity contribution in [3.05, 3.63) is 68.9 Å². The van der Waals surface area contributed by atoms with E-state index in [-0.39, 0.29) is 18.3 Å². The van der Waals surface area contributed by atoms with Gasteiger partial charge in [0.2, 0.25) is 0 Å². The molecule has 0 spiro atoms. The van der Waals surface area contributed by atoms with Crippen LogP contribution in [0.5, 0.6) is 5.75 Å². The van der Waals surface area contributed by atoms with Crippen LogP contribution < -0.4 is 15.2 Å². The van der Waals surface area contributed by atoms with Crippen LogP contribution in [-0.2, 0) is 11.5 Å². The second-order valence-electron chi connectivity index (χ2n) is 11.6. The Balaban J connectivity index is 1.26. The number of hydrogen-bond donors (Lipinski definition) is 0. The third-order valence-corrected chi connectivity index (χ3v) is 8.79. The van der Waals surface area contributed by atoms with E-state index in [1.165, 1.54) is 10.6 Å². The molecule has 2 aromatic carbocycles. The van der Waals surface area contributed by atoms with Crippen LogP contribution in [0, 0.1) is 5.92 Å². The van der Waals surface area contributed by atoms with Crippen molar-refractivity contribution in [3.63, 3.8) is 0 Å². The Hall–Kier alpha value is -2.94. The standard InChI is InChI=1S/C33H44Cl2N4O4/c1-5-38(25(4)21-24(2)3)33(41)43-23-39-30-22-27(13-11-26(30)12-14-31(39)40)42-20-7-6-15-36-16-18-37(19-17-36)29-10-8-9-28(34)32(29)35/h8-14,22,24-25H,5-7,15-21,23H2,1-4H3. The number of unbranched alkanes of at least 4 members (excludes halogenated alkanes) is 1. The van der Waals surface area contributed by atoms with Gasteiger partial charge >= 0.3 is 6.09 Å². The molecule has 1 aliphatic rings. The van der Waals surface area contributed by atoms with Crippen LogP contribution in [-0.4, -0.2) is 72.4 Å². The molecule has 1 saturated heterocycles. The topological polar surface area (TPSA) is 67.2 Å². The average Bonchev–Trinajstić information content (AvgIpc) is 2.98. The third kappa shape index (κ3) is 8.80. The van der Waals surface area contributed by atoms with Crippen LogP contribution in [0.3, 0.4) is 0 Å². The molecule has 4 rings (SSSR count). The summed E-state index contributed by atoms with van der Waals surface area (Å²) in [5, 5.41) is 2.09. The zero-order valence-corrected chi connectivity index (χ0v) is 27.2. The summed E-state index contributed by atoms with van der Waals surface area (Å²) in [6, 6.07) is 14.8. The Morgan fingerprint density at radius 3 is 2.47 bits per heavy atom. The zero-order chi connectivity index (χ0) is 30.9. The number of carbonyl (C=O) groups excluding carboxylic acids is 1. The largest absolute Gasteiger partial charge is 0.494 e. The second-order valence-corrected chi connectivity index (χ2v) is 12.4. The molecule has 1 aromatic heterocycles. The number of pyridine rings is 1. The maximum Gasteiger partial charge on any atom is 0.411 e. The fourth-order valence-corrected chi connectivity index (χ4v) is 6.12. The average molecular weight is 632 g/mol. The Kier molecular flexibility index (Phi) is 12.0. The SMILES string of the molecule is CCN(C(=O)OCn1c(=O)ccc2ccc(OCCCCN3CCN(c4cccc(Cl)c4Cl)CC3)cc21)C(C)CC(C)C. The van der Waals surface area contributed by atoms with E-state index >= 15 is 0 Å². The molecule has 1 unspecified atom stereocenters. The maximum absolute atomic E-state index is 12.9. The van der Waals surface area contributed by atoms with E-state index in [9.17, 15) is 9.59 Å². The minimum atomic E-state index is -0.415. The lowest BCUT2D eigenvalue weighted by molar-refractivity contribution is 0.0637. The molecule has 0 radical (unpaired) electrons. The van der Waals surface area contributed by atoms with E-state index in [1.807, 2.05) is 50.2 Å². The van der Waals surface area contributed by atoms with Crippen molar-refractivity contribution in [1.29, 1.82) is 0 Å². The lowest BCUT2D eigenvalue weighted by Crippen LogP contribution is -2.46. The van der Waals surface area contributed by atoms with E-state index in [0.717, 1.165) is 63.1 Å². The van der Waals surface area contributed by atoms with Crippen LogP contribution in [0.2, 0.25) is 10.0 Å². The number of aromatic nitrogens is 1. The summed E-state index contributed by atoms with van der Waals surface area (Å²) < 4.78 is 13.2. The summed E-state index contributed by atoms with van der Waals surface area (Å²) in [6.45, 7) is 14.0. The summed E-state index contributed by atoms with van der Waals surface area (Å²) in [6.07, 6.45) is 2.41. The number of amides is 1. The van der Waals surface area contributed by atoms with Crippen LogP contribution in [0.1, 0.15) is 47.0 Å². The van der Waals surface area contributed by atoms with E-state index in [4.69, 9.17) is 32.7 Å². The predicted octanol–water partition coefficient (Wildman–Crippen LogP) is 7.14. The van der Waals surface area contributed by atoms with Crippen LogP contribution in [0.4, 0.5) is 10.5 Å². The quantitative estimate of drug-likeness (QED) is 0.187. The van der Waals surface area contributed by atoms with Gasteiger partial charge in [-0.25, -0.2) is 4.79 Å². The molecular weight excluding hydrogens is 587 g/mol. The molecule has 1 amide bonds. The number of fused-ring (bicyclic) bond motifs is 1. The molecule has 0 saturated carbocycles. The van der Waals surface area contributed by atoms with Crippen molar-refractivity contribution in [3.8, 4) is 5.75 Å². The van der Waals surface area contributed by atoms with Gasteiger partial charge in [0.15, 0.2) is 6.73 Å². The maximum atomic E-state index is 12.9. The summed E-state index contributed by atoms with van der Waals surface area (Å²) >= 11 is 12.6. The molecule has 0 aliphatic carbocycles. The molecule has 43 heavy (non-hydrogen) atoms. The van der Waals surface area contributed by atoms with Crippen LogP contribution in [0.15, 0.2) is 53.3 Å². The number of benzene rings is 2. The molecule has 8 nitrogen and oxygen atoms in total. The van der Waals surface area contributed by atoms with Gasteiger partial charge in [-0.05, 0) is 81.3 Å².